The van der Waals surface area contributed by atoms with Gasteiger partial charge in [-0.15, -0.1) is 0 Å². The number of hydrogen-bond donors (Lipinski definition) is 5. The van der Waals surface area contributed by atoms with Crippen molar-refractivity contribution in [3.63, 3.8) is 0 Å². The van der Waals surface area contributed by atoms with Crippen molar-refractivity contribution in [3.8, 4) is 0 Å². The Morgan fingerprint density at radius 1 is 0.864 bits per heavy atom. The fourth-order valence-corrected chi connectivity index (χ4v) is 7.09. The van der Waals surface area contributed by atoms with Crippen LogP contribution in [0.3, 0.4) is 0 Å². The Balaban J connectivity index is 1.38. The molecule has 5 atom stereocenters. The molecule has 1 aliphatic rings. The second kappa shape index (κ2) is 20.4. The van der Waals surface area contributed by atoms with Crippen LogP contribution in [0.15, 0.2) is 66.7 Å². The number of nitrogens with one attached hydrogen (secondary N) is 3. The third-order valence-electron chi connectivity index (χ3n) is 10.5. The van der Waals surface area contributed by atoms with E-state index in [9.17, 15) is 48.6 Å². The van der Waals surface area contributed by atoms with Crippen LogP contribution in [-0.2, 0) is 40.0 Å². The number of likely N-dealkylation sites (N-methyl/N-ethyl adjacent to an activating group) is 2. The molecule has 1 fully saturated rings. The van der Waals surface area contributed by atoms with Gasteiger partial charge in [-0.2, -0.15) is 0 Å². The summed E-state index contributed by atoms with van der Waals surface area (Å²) in [6.07, 6.45) is -0.0636. The van der Waals surface area contributed by atoms with Crippen molar-refractivity contribution in [1.82, 2.24) is 25.3 Å². The van der Waals surface area contributed by atoms with E-state index < -0.39 is 78.6 Å². The van der Waals surface area contributed by atoms with Crippen molar-refractivity contribution in [2.75, 3.05) is 32.5 Å². The molecule has 0 saturated carbocycles. The lowest BCUT2D eigenvalue weighted by Crippen LogP contribution is -2.58. The van der Waals surface area contributed by atoms with Crippen molar-refractivity contribution in [2.24, 2.45) is 11.8 Å². The fourth-order valence-electron chi connectivity index (χ4n) is 7.09. The summed E-state index contributed by atoms with van der Waals surface area (Å²) in [5.41, 5.74) is 1.66. The Morgan fingerprint density at radius 3 is 2.14 bits per heavy atom. The van der Waals surface area contributed by atoms with Gasteiger partial charge in [0.15, 0.2) is 0 Å². The van der Waals surface area contributed by atoms with E-state index in [1.165, 1.54) is 23.9 Å². The number of amides is 6. The Labute approximate surface area is 343 Å². The van der Waals surface area contributed by atoms with E-state index in [-0.39, 0.29) is 43.5 Å². The van der Waals surface area contributed by atoms with Crippen molar-refractivity contribution < 1.29 is 48.6 Å². The number of aliphatic carboxylic acids is 2. The summed E-state index contributed by atoms with van der Waals surface area (Å²) in [4.78, 5) is 107. The van der Waals surface area contributed by atoms with E-state index in [1.54, 1.807) is 45.0 Å². The van der Waals surface area contributed by atoms with E-state index in [0.29, 0.717) is 23.2 Å². The lowest BCUT2D eigenvalue weighted by atomic mass is 9.96. The highest BCUT2D eigenvalue weighted by molar-refractivity contribution is 6.05. The summed E-state index contributed by atoms with van der Waals surface area (Å²) < 4.78 is 0. The summed E-state index contributed by atoms with van der Waals surface area (Å²) in [5.74, 6) is -6.73. The van der Waals surface area contributed by atoms with Crippen molar-refractivity contribution in [1.29, 1.82) is 0 Å². The second-order valence-electron chi connectivity index (χ2n) is 15.5. The molecular formula is C43H54N6O10. The highest BCUT2D eigenvalue weighted by atomic mass is 16.4. The molecule has 3 aromatic rings. The van der Waals surface area contributed by atoms with Crippen LogP contribution >= 0.6 is 0 Å². The zero-order valence-corrected chi connectivity index (χ0v) is 34.3. The van der Waals surface area contributed by atoms with E-state index >= 15 is 0 Å². The summed E-state index contributed by atoms with van der Waals surface area (Å²) in [5, 5.41) is 28.9. The number of likely N-dealkylation sites (tertiary alicyclic amines) is 1. The normalized spacial score (nSPS) is 15.8. The van der Waals surface area contributed by atoms with Crippen molar-refractivity contribution in [2.45, 2.75) is 84.0 Å². The standard InChI is InChI=1S/C43H54N6O10/c1-7-26(4)38(40(55)46-32(23-37(52)53)41(56)47(5)24-35(50)45-33(43(58)59)20-25(2)3)49-19-18-34(42(49)57)48(6)36(51)21-27-12-14-29(15-13-27)39(54)44-31-17-16-28-10-8-9-11-30(28)22-31/h8-17,22,25-26,32-34,38H,7,18-21,23-24H2,1-6H3,(H,44,54)(H,45,50)(H,46,55)(H,52,53)(H,58,59)/t26?,32-,33-,34?,38?/m0/s1. The Bertz CT molecular complexity index is 2050. The van der Waals surface area contributed by atoms with Crippen LogP contribution in [0, 0.1) is 11.8 Å². The fraction of sp³-hybridized carbons (Fsp3) is 0.442. The molecule has 3 unspecified atom stereocenters. The van der Waals surface area contributed by atoms with E-state index in [2.05, 4.69) is 16.0 Å². The molecular weight excluding hydrogens is 761 g/mol. The molecule has 0 aliphatic carbocycles. The molecule has 4 rings (SSSR count). The Hall–Kier alpha value is -6.32. The molecule has 0 radical (unpaired) electrons. The minimum Gasteiger partial charge on any atom is -0.481 e. The van der Waals surface area contributed by atoms with Crippen LogP contribution < -0.4 is 16.0 Å². The highest BCUT2D eigenvalue weighted by Crippen LogP contribution is 2.26. The first-order valence-corrected chi connectivity index (χ1v) is 19.6. The quantitative estimate of drug-likeness (QED) is 0.119. The average molecular weight is 815 g/mol. The maximum absolute atomic E-state index is 13.9. The van der Waals surface area contributed by atoms with Gasteiger partial charge in [0.05, 0.1) is 19.4 Å². The maximum atomic E-state index is 13.9. The molecule has 6 amide bonds. The van der Waals surface area contributed by atoms with Gasteiger partial charge < -0.3 is 40.9 Å². The number of carboxylic acid groups (broad SMARTS) is 2. The van der Waals surface area contributed by atoms with Crippen molar-refractivity contribution >= 4 is 63.8 Å². The number of rotatable bonds is 19. The molecule has 1 saturated heterocycles. The number of fused-ring (bicyclic) bond motifs is 1. The van der Waals surface area contributed by atoms with Crippen LogP contribution in [0.5, 0.6) is 0 Å². The molecule has 16 nitrogen and oxygen atoms in total. The predicted molar refractivity (Wildman–Crippen MR) is 219 cm³/mol. The third-order valence-corrected chi connectivity index (χ3v) is 10.5. The second-order valence-corrected chi connectivity index (χ2v) is 15.5. The van der Waals surface area contributed by atoms with Crippen molar-refractivity contribution in [3.05, 3.63) is 77.9 Å². The lowest BCUT2D eigenvalue weighted by Gasteiger charge is -2.34. The topological polar surface area (TPSA) is 223 Å². The van der Waals surface area contributed by atoms with E-state index in [1.807, 2.05) is 49.4 Å². The monoisotopic (exact) mass is 814 g/mol. The minimum absolute atomic E-state index is 0.0449. The van der Waals surface area contributed by atoms with Gasteiger partial charge in [-0.1, -0.05) is 76.6 Å². The summed E-state index contributed by atoms with van der Waals surface area (Å²) in [6.45, 7) is 6.65. The number of anilines is 1. The number of hydrogen-bond acceptors (Lipinski definition) is 8. The highest BCUT2D eigenvalue weighted by Gasteiger charge is 2.44. The lowest BCUT2D eigenvalue weighted by molar-refractivity contribution is -0.148. The molecule has 1 aliphatic heterocycles. The number of benzene rings is 3. The van der Waals surface area contributed by atoms with Gasteiger partial charge in [0.2, 0.25) is 29.5 Å². The number of nitrogens with zero attached hydrogens (tertiary/aromatic N) is 3. The molecule has 16 heteroatoms. The molecule has 59 heavy (non-hydrogen) atoms. The van der Waals surface area contributed by atoms with Gasteiger partial charge in [0, 0.05) is 31.9 Å². The zero-order chi connectivity index (χ0) is 43.6. The van der Waals surface area contributed by atoms with Gasteiger partial charge in [-0.3, -0.25) is 33.6 Å². The Kier molecular flexibility index (Phi) is 15.7. The first-order chi connectivity index (χ1) is 27.9. The maximum Gasteiger partial charge on any atom is 0.326 e. The predicted octanol–water partition coefficient (Wildman–Crippen LogP) is 3.14. The Morgan fingerprint density at radius 2 is 1.53 bits per heavy atom. The molecule has 5 N–H and O–H groups in total. The molecule has 1 heterocycles. The number of carbonyl (C=O) groups excluding carboxylic acids is 6. The third kappa shape index (κ3) is 12.1. The first-order valence-electron chi connectivity index (χ1n) is 19.6. The largest absolute Gasteiger partial charge is 0.481 e. The molecule has 3 aromatic carbocycles. The van der Waals surface area contributed by atoms with Crippen LogP contribution in [0.2, 0.25) is 0 Å². The number of carboxylic acids is 2. The molecule has 0 aromatic heterocycles. The van der Waals surface area contributed by atoms with Crippen LogP contribution in [0.4, 0.5) is 5.69 Å². The summed E-state index contributed by atoms with van der Waals surface area (Å²) in [7, 11) is 2.74. The first kappa shape index (κ1) is 45.4. The van der Waals surface area contributed by atoms with Crippen LogP contribution in [0.25, 0.3) is 10.8 Å². The van der Waals surface area contributed by atoms with Gasteiger partial charge >= 0.3 is 11.9 Å². The number of carbonyl (C=O) groups is 8. The molecule has 0 bridgehead atoms. The van der Waals surface area contributed by atoms with Crippen LogP contribution in [-0.4, -0.2) is 124 Å². The van der Waals surface area contributed by atoms with Crippen LogP contribution in [0.1, 0.15) is 69.3 Å². The zero-order valence-electron chi connectivity index (χ0n) is 34.3. The SMILES string of the molecule is CCC(C)C(C(=O)N[C@@H](CC(=O)O)C(=O)N(C)CC(=O)N[C@@H](CC(C)C)C(=O)O)N1CCC(N(C)C(=O)Cc2ccc(C(=O)Nc3ccc4ccccc4c3)cc2)C1=O. The minimum atomic E-state index is -1.61. The molecule has 316 valence electrons. The van der Waals surface area contributed by atoms with Gasteiger partial charge in [0.1, 0.15) is 24.2 Å². The van der Waals surface area contributed by atoms with Gasteiger partial charge in [-0.05, 0) is 65.3 Å². The smallest absolute Gasteiger partial charge is 0.326 e. The van der Waals surface area contributed by atoms with E-state index in [4.69, 9.17) is 0 Å². The summed E-state index contributed by atoms with van der Waals surface area (Å²) in [6, 6.07) is 15.2. The van der Waals surface area contributed by atoms with Gasteiger partial charge in [-0.25, -0.2) is 4.79 Å². The van der Waals surface area contributed by atoms with E-state index in [0.717, 1.165) is 15.7 Å². The van der Waals surface area contributed by atoms with Gasteiger partial charge in [0.25, 0.3) is 5.91 Å². The molecule has 0 spiro atoms. The summed E-state index contributed by atoms with van der Waals surface area (Å²) >= 11 is 0. The average Bonchev–Trinajstić information content (AvgIpc) is 3.56.